The summed E-state index contributed by atoms with van der Waals surface area (Å²) in [5.41, 5.74) is 0. The highest BCUT2D eigenvalue weighted by molar-refractivity contribution is 6.27. The van der Waals surface area contributed by atoms with Crippen molar-refractivity contribution in [2.45, 2.75) is 31.7 Å². The first-order chi connectivity index (χ1) is 6.29. The molecule has 0 aromatic carbocycles. The van der Waals surface area contributed by atoms with E-state index in [1.165, 1.54) is 0 Å². The van der Waals surface area contributed by atoms with Gasteiger partial charge in [0.1, 0.15) is 5.88 Å². The predicted molar refractivity (Wildman–Crippen MR) is 51.8 cm³/mol. The quantitative estimate of drug-likeness (QED) is 0.696. The number of hydrogen-bond donors (Lipinski definition) is 1. The molecule has 0 bridgehead atoms. The van der Waals surface area contributed by atoms with E-state index in [-0.39, 0.29) is 18.4 Å². The molecular formula is C9H16ClNO2. The molecule has 0 spiro atoms. The summed E-state index contributed by atoms with van der Waals surface area (Å²) in [6.45, 7) is 1.04. The number of aliphatic hydroxyl groups is 1. The molecule has 1 aliphatic rings. The average Bonchev–Trinajstić information content (AvgIpc) is 2.61. The van der Waals surface area contributed by atoms with Crippen LogP contribution < -0.4 is 0 Å². The number of alkyl halides is 1. The molecule has 0 radical (unpaired) electrons. The van der Waals surface area contributed by atoms with Crippen LogP contribution in [0.3, 0.4) is 0 Å². The largest absolute Gasteiger partial charge is 0.396 e. The minimum absolute atomic E-state index is 0.0297. The lowest BCUT2D eigenvalue weighted by atomic mass is 10.1. The van der Waals surface area contributed by atoms with Gasteiger partial charge in [0, 0.05) is 19.2 Å². The van der Waals surface area contributed by atoms with Gasteiger partial charge in [-0.25, -0.2) is 0 Å². The molecule has 1 aliphatic heterocycles. The highest BCUT2D eigenvalue weighted by atomic mass is 35.5. The molecular weight excluding hydrogens is 190 g/mol. The van der Waals surface area contributed by atoms with Crippen LogP contribution in [-0.2, 0) is 4.79 Å². The molecule has 1 saturated heterocycles. The minimum atomic E-state index is 0.0297. The molecule has 1 rings (SSSR count). The zero-order valence-electron chi connectivity index (χ0n) is 7.71. The van der Waals surface area contributed by atoms with Crippen molar-refractivity contribution >= 4 is 17.5 Å². The SMILES string of the molecule is O=C(CCl)N1CCCC1CCCO. The maximum Gasteiger partial charge on any atom is 0.237 e. The number of nitrogens with zero attached hydrogens (tertiary/aromatic N) is 1. The lowest BCUT2D eigenvalue weighted by Gasteiger charge is -2.23. The van der Waals surface area contributed by atoms with Crippen molar-refractivity contribution in [2.24, 2.45) is 0 Å². The summed E-state index contributed by atoms with van der Waals surface area (Å²) in [7, 11) is 0. The summed E-state index contributed by atoms with van der Waals surface area (Å²) >= 11 is 5.49. The summed E-state index contributed by atoms with van der Waals surface area (Å²) in [4.78, 5) is 13.2. The number of rotatable bonds is 4. The topological polar surface area (TPSA) is 40.5 Å². The Kier molecular flexibility index (Phi) is 4.53. The molecule has 4 heteroatoms. The van der Waals surface area contributed by atoms with E-state index in [0.717, 1.165) is 32.2 Å². The molecule has 1 atom stereocenters. The van der Waals surface area contributed by atoms with Crippen molar-refractivity contribution in [3.8, 4) is 0 Å². The average molecular weight is 206 g/mol. The molecule has 1 heterocycles. The highest BCUT2D eigenvalue weighted by Crippen LogP contribution is 2.21. The fraction of sp³-hybridized carbons (Fsp3) is 0.889. The number of likely N-dealkylation sites (tertiary alicyclic amines) is 1. The van der Waals surface area contributed by atoms with Gasteiger partial charge in [-0.2, -0.15) is 0 Å². The first-order valence-corrected chi connectivity index (χ1v) is 5.29. The van der Waals surface area contributed by atoms with Crippen LogP contribution in [0.2, 0.25) is 0 Å². The summed E-state index contributed by atoms with van der Waals surface area (Å²) in [6, 6.07) is 0.318. The van der Waals surface area contributed by atoms with E-state index >= 15 is 0 Å². The number of carbonyl (C=O) groups excluding carboxylic acids is 1. The van der Waals surface area contributed by atoms with Crippen LogP contribution in [0, 0.1) is 0 Å². The Morgan fingerprint density at radius 1 is 1.62 bits per heavy atom. The van der Waals surface area contributed by atoms with Crippen LogP contribution in [-0.4, -0.2) is 41.0 Å². The third-order valence-corrected chi connectivity index (χ3v) is 2.74. The summed E-state index contributed by atoms with van der Waals surface area (Å²) in [5, 5.41) is 8.68. The van der Waals surface area contributed by atoms with Crippen LogP contribution in [0.4, 0.5) is 0 Å². The Hall–Kier alpha value is -0.280. The van der Waals surface area contributed by atoms with Gasteiger partial charge in [0.25, 0.3) is 0 Å². The number of halogens is 1. The minimum Gasteiger partial charge on any atom is -0.396 e. The van der Waals surface area contributed by atoms with Gasteiger partial charge in [0.05, 0.1) is 0 Å². The third kappa shape index (κ3) is 2.85. The zero-order valence-corrected chi connectivity index (χ0v) is 8.46. The van der Waals surface area contributed by atoms with Gasteiger partial charge >= 0.3 is 0 Å². The molecule has 0 aromatic rings. The molecule has 13 heavy (non-hydrogen) atoms. The van der Waals surface area contributed by atoms with Gasteiger partial charge < -0.3 is 10.0 Å². The van der Waals surface area contributed by atoms with E-state index in [0.29, 0.717) is 6.04 Å². The van der Waals surface area contributed by atoms with Crippen LogP contribution in [0.1, 0.15) is 25.7 Å². The van der Waals surface area contributed by atoms with Gasteiger partial charge in [-0.05, 0) is 25.7 Å². The molecule has 0 saturated carbocycles. The highest BCUT2D eigenvalue weighted by Gasteiger charge is 2.27. The standard InChI is InChI=1S/C9H16ClNO2/c10-7-9(13)11-5-1-3-8(11)4-2-6-12/h8,12H,1-7H2. The second kappa shape index (κ2) is 5.45. The maximum absolute atomic E-state index is 11.3. The monoisotopic (exact) mass is 205 g/mol. The Labute approximate surface area is 83.7 Å². The van der Waals surface area contributed by atoms with Crippen LogP contribution >= 0.6 is 11.6 Å². The Balaban J connectivity index is 2.39. The Morgan fingerprint density at radius 3 is 3.00 bits per heavy atom. The third-order valence-electron chi connectivity index (χ3n) is 2.51. The lowest BCUT2D eigenvalue weighted by Crippen LogP contribution is -2.36. The van der Waals surface area contributed by atoms with E-state index in [1.54, 1.807) is 0 Å². The second-order valence-electron chi connectivity index (χ2n) is 3.38. The smallest absolute Gasteiger partial charge is 0.237 e. The molecule has 1 unspecified atom stereocenters. The zero-order chi connectivity index (χ0) is 9.68. The number of hydrogen-bond acceptors (Lipinski definition) is 2. The van der Waals surface area contributed by atoms with Gasteiger partial charge in [-0.15, -0.1) is 11.6 Å². The fourth-order valence-electron chi connectivity index (χ4n) is 1.87. The van der Waals surface area contributed by atoms with Crippen LogP contribution in [0.15, 0.2) is 0 Å². The summed E-state index contributed by atoms with van der Waals surface area (Å²) < 4.78 is 0. The molecule has 1 amide bonds. The molecule has 76 valence electrons. The van der Waals surface area contributed by atoms with Gasteiger partial charge in [0.2, 0.25) is 5.91 Å². The van der Waals surface area contributed by atoms with Crippen LogP contribution in [0.25, 0.3) is 0 Å². The molecule has 3 nitrogen and oxygen atoms in total. The van der Waals surface area contributed by atoms with Gasteiger partial charge in [-0.1, -0.05) is 0 Å². The number of carbonyl (C=O) groups is 1. The Bertz CT molecular complexity index is 175. The maximum atomic E-state index is 11.3. The summed E-state index contributed by atoms with van der Waals surface area (Å²) in [6.07, 6.45) is 3.80. The van der Waals surface area contributed by atoms with Crippen molar-refractivity contribution in [1.29, 1.82) is 0 Å². The van der Waals surface area contributed by atoms with Gasteiger partial charge in [0.15, 0.2) is 0 Å². The van der Waals surface area contributed by atoms with Crippen molar-refractivity contribution in [3.63, 3.8) is 0 Å². The Morgan fingerprint density at radius 2 is 2.38 bits per heavy atom. The van der Waals surface area contributed by atoms with E-state index < -0.39 is 0 Å². The fourth-order valence-corrected chi connectivity index (χ4v) is 2.02. The molecule has 0 aliphatic carbocycles. The lowest BCUT2D eigenvalue weighted by molar-refractivity contribution is -0.129. The van der Waals surface area contributed by atoms with Crippen LogP contribution in [0.5, 0.6) is 0 Å². The van der Waals surface area contributed by atoms with Crippen molar-refractivity contribution in [3.05, 3.63) is 0 Å². The predicted octanol–water partition coefficient (Wildman–Crippen LogP) is 0.989. The van der Waals surface area contributed by atoms with Gasteiger partial charge in [-0.3, -0.25) is 4.79 Å². The number of aliphatic hydroxyl groups excluding tert-OH is 1. The first-order valence-electron chi connectivity index (χ1n) is 4.76. The normalized spacial score (nSPS) is 22.3. The van der Waals surface area contributed by atoms with E-state index in [4.69, 9.17) is 16.7 Å². The first kappa shape index (κ1) is 10.8. The van der Waals surface area contributed by atoms with Crippen molar-refractivity contribution < 1.29 is 9.90 Å². The number of amides is 1. The second-order valence-corrected chi connectivity index (χ2v) is 3.65. The van der Waals surface area contributed by atoms with Crippen molar-refractivity contribution in [1.82, 2.24) is 4.90 Å². The van der Waals surface area contributed by atoms with Crippen molar-refractivity contribution in [2.75, 3.05) is 19.0 Å². The molecule has 1 fully saturated rings. The van der Waals surface area contributed by atoms with E-state index in [1.807, 2.05) is 4.90 Å². The molecule has 0 aromatic heterocycles. The molecule has 1 N–H and O–H groups in total. The summed E-state index contributed by atoms with van der Waals surface area (Å²) in [5.74, 6) is 0.109. The van der Waals surface area contributed by atoms with E-state index in [2.05, 4.69) is 0 Å². The van der Waals surface area contributed by atoms with E-state index in [9.17, 15) is 4.79 Å².